The Kier molecular flexibility index (Phi) is 7.73. The van der Waals surface area contributed by atoms with Crippen LogP contribution in [0.3, 0.4) is 0 Å². The normalized spacial score (nSPS) is 17.1. The number of morpholine rings is 1. The summed E-state index contributed by atoms with van der Waals surface area (Å²) in [6.45, 7) is 9.25. The van der Waals surface area contributed by atoms with Gasteiger partial charge in [-0.2, -0.15) is 0 Å². The van der Waals surface area contributed by atoms with E-state index < -0.39 is 0 Å². The predicted octanol–water partition coefficient (Wildman–Crippen LogP) is 2.96. The van der Waals surface area contributed by atoms with Gasteiger partial charge in [0.25, 0.3) is 0 Å². The fourth-order valence-corrected chi connectivity index (χ4v) is 3.34. The molecule has 4 heteroatoms. The first-order valence-corrected chi connectivity index (χ1v) is 9.24. The zero-order valence-corrected chi connectivity index (χ0v) is 15.2. The largest absolute Gasteiger partial charge is 0.379 e. The highest BCUT2D eigenvalue weighted by molar-refractivity contribution is 5.81. The molecule has 0 radical (unpaired) electrons. The van der Waals surface area contributed by atoms with Crippen molar-refractivity contribution in [3.05, 3.63) is 35.4 Å². The van der Waals surface area contributed by atoms with E-state index in [1.807, 2.05) is 0 Å². The number of carbonyl (C=O) groups excluding carboxylic acids is 1. The summed E-state index contributed by atoms with van der Waals surface area (Å²) in [6, 6.07) is 8.43. The third kappa shape index (κ3) is 6.25. The fraction of sp³-hybridized carbons (Fsp3) is 0.650. The van der Waals surface area contributed by atoms with E-state index in [1.165, 1.54) is 5.56 Å². The van der Waals surface area contributed by atoms with Crippen molar-refractivity contribution in [2.75, 3.05) is 32.8 Å². The lowest BCUT2D eigenvalue weighted by Gasteiger charge is -2.26. The molecule has 1 aliphatic heterocycles. The SMILES string of the molecule is CC(C)Cc1ccc(C(CCCCN2CCOCC2)C(N)=O)cc1. The topological polar surface area (TPSA) is 55.6 Å². The van der Waals surface area contributed by atoms with Crippen LogP contribution in [-0.2, 0) is 16.0 Å². The van der Waals surface area contributed by atoms with Gasteiger partial charge in [0.15, 0.2) is 0 Å². The van der Waals surface area contributed by atoms with Crippen molar-refractivity contribution in [2.24, 2.45) is 11.7 Å². The zero-order valence-electron chi connectivity index (χ0n) is 15.2. The number of amides is 1. The molecule has 1 aliphatic rings. The van der Waals surface area contributed by atoms with Crippen LogP contribution in [0, 0.1) is 5.92 Å². The minimum Gasteiger partial charge on any atom is -0.379 e. The van der Waals surface area contributed by atoms with Crippen LogP contribution in [0.4, 0.5) is 0 Å². The van der Waals surface area contributed by atoms with Crippen LogP contribution in [-0.4, -0.2) is 43.7 Å². The molecule has 1 saturated heterocycles. The summed E-state index contributed by atoms with van der Waals surface area (Å²) in [4.78, 5) is 14.3. The first-order valence-electron chi connectivity index (χ1n) is 9.24. The number of nitrogens with two attached hydrogens (primary N) is 1. The van der Waals surface area contributed by atoms with E-state index in [-0.39, 0.29) is 11.8 Å². The molecule has 0 aliphatic carbocycles. The predicted molar refractivity (Wildman–Crippen MR) is 98.0 cm³/mol. The highest BCUT2D eigenvalue weighted by Crippen LogP contribution is 2.23. The fourth-order valence-electron chi connectivity index (χ4n) is 3.34. The molecule has 1 atom stereocenters. The van der Waals surface area contributed by atoms with E-state index in [0.29, 0.717) is 5.92 Å². The summed E-state index contributed by atoms with van der Waals surface area (Å²) < 4.78 is 5.36. The maximum Gasteiger partial charge on any atom is 0.224 e. The molecular formula is C20H32N2O2. The molecule has 2 rings (SSSR count). The van der Waals surface area contributed by atoms with Crippen LogP contribution < -0.4 is 5.73 Å². The molecule has 0 spiro atoms. The Morgan fingerprint density at radius 1 is 1.17 bits per heavy atom. The van der Waals surface area contributed by atoms with E-state index in [9.17, 15) is 4.79 Å². The van der Waals surface area contributed by atoms with Gasteiger partial charge in [0.05, 0.1) is 19.1 Å². The molecule has 1 aromatic carbocycles. The van der Waals surface area contributed by atoms with Crippen molar-refractivity contribution in [2.45, 2.75) is 45.4 Å². The number of ether oxygens (including phenoxy) is 1. The Hall–Kier alpha value is -1.39. The van der Waals surface area contributed by atoms with Gasteiger partial charge in [-0.25, -0.2) is 0 Å². The number of primary amides is 1. The lowest BCUT2D eigenvalue weighted by Crippen LogP contribution is -2.36. The van der Waals surface area contributed by atoms with Gasteiger partial charge in [0.2, 0.25) is 5.91 Å². The molecule has 0 saturated carbocycles. The number of hydrogen-bond acceptors (Lipinski definition) is 3. The lowest BCUT2D eigenvalue weighted by molar-refractivity contribution is -0.119. The molecule has 4 nitrogen and oxygen atoms in total. The van der Waals surface area contributed by atoms with Gasteiger partial charge < -0.3 is 10.5 Å². The van der Waals surface area contributed by atoms with Crippen molar-refractivity contribution in [1.29, 1.82) is 0 Å². The molecule has 1 fully saturated rings. The number of hydrogen-bond donors (Lipinski definition) is 1. The van der Waals surface area contributed by atoms with E-state index >= 15 is 0 Å². The second-order valence-corrected chi connectivity index (χ2v) is 7.24. The van der Waals surface area contributed by atoms with Gasteiger partial charge in [-0.1, -0.05) is 44.5 Å². The molecule has 134 valence electrons. The lowest BCUT2D eigenvalue weighted by atomic mass is 9.91. The molecular weight excluding hydrogens is 300 g/mol. The van der Waals surface area contributed by atoms with Crippen LogP contribution in [0.1, 0.15) is 50.2 Å². The van der Waals surface area contributed by atoms with Gasteiger partial charge in [-0.15, -0.1) is 0 Å². The Morgan fingerprint density at radius 3 is 2.42 bits per heavy atom. The molecule has 0 aromatic heterocycles. The Morgan fingerprint density at radius 2 is 1.83 bits per heavy atom. The number of nitrogens with zero attached hydrogens (tertiary/aromatic N) is 1. The Labute approximate surface area is 146 Å². The summed E-state index contributed by atoms with van der Waals surface area (Å²) in [5, 5.41) is 0. The Balaban J connectivity index is 1.81. The molecule has 24 heavy (non-hydrogen) atoms. The van der Waals surface area contributed by atoms with Crippen LogP contribution >= 0.6 is 0 Å². The highest BCUT2D eigenvalue weighted by Gasteiger charge is 2.18. The van der Waals surface area contributed by atoms with Gasteiger partial charge >= 0.3 is 0 Å². The van der Waals surface area contributed by atoms with E-state index in [1.54, 1.807) is 0 Å². The van der Waals surface area contributed by atoms with Crippen molar-refractivity contribution >= 4 is 5.91 Å². The van der Waals surface area contributed by atoms with Crippen LogP contribution in [0.5, 0.6) is 0 Å². The summed E-state index contributed by atoms with van der Waals surface area (Å²) in [5.41, 5.74) is 8.03. The maximum absolute atomic E-state index is 11.9. The molecule has 1 heterocycles. The minimum atomic E-state index is -0.210. The minimum absolute atomic E-state index is 0.164. The van der Waals surface area contributed by atoms with Gasteiger partial charge in [-0.3, -0.25) is 9.69 Å². The number of benzene rings is 1. The van der Waals surface area contributed by atoms with Crippen LogP contribution in [0.25, 0.3) is 0 Å². The van der Waals surface area contributed by atoms with Crippen LogP contribution in [0.2, 0.25) is 0 Å². The second kappa shape index (κ2) is 9.80. The van der Waals surface area contributed by atoms with Crippen LogP contribution in [0.15, 0.2) is 24.3 Å². The summed E-state index contributed by atoms with van der Waals surface area (Å²) >= 11 is 0. The first-order chi connectivity index (χ1) is 11.6. The number of unbranched alkanes of at least 4 members (excludes halogenated alkanes) is 1. The van der Waals surface area contributed by atoms with E-state index in [0.717, 1.165) is 64.1 Å². The summed E-state index contributed by atoms with van der Waals surface area (Å²) in [7, 11) is 0. The van der Waals surface area contributed by atoms with Crippen molar-refractivity contribution in [3.8, 4) is 0 Å². The summed E-state index contributed by atoms with van der Waals surface area (Å²) in [5.74, 6) is 0.267. The summed E-state index contributed by atoms with van der Waals surface area (Å²) in [6.07, 6.45) is 4.04. The number of carbonyl (C=O) groups is 1. The van der Waals surface area contributed by atoms with E-state index in [4.69, 9.17) is 10.5 Å². The van der Waals surface area contributed by atoms with E-state index in [2.05, 4.69) is 43.0 Å². The monoisotopic (exact) mass is 332 g/mol. The first kappa shape index (κ1) is 18.9. The average molecular weight is 332 g/mol. The maximum atomic E-state index is 11.9. The molecule has 1 amide bonds. The zero-order chi connectivity index (χ0) is 17.4. The van der Waals surface area contributed by atoms with Crippen molar-refractivity contribution in [3.63, 3.8) is 0 Å². The van der Waals surface area contributed by atoms with Crippen molar-refractivity contribution in [1.82, 2.24) is 4.90 Å². The average Bonchev–Trinajstić information content (AvgIpc) is 2.56. The van der Waals surface area contributed by atoms with Gasteiger partial charge in [-0.05, 0) is 42.9 Å². The number of rotatable bonds is 9. The van der Waals surface area contributed by atoms with Gasteiger partial charge in [0, 0.05) is 13.1 Å². The molecule has 2 N–H and O–H groups in total. The second-order valence-electron chi connectivity index (χ2n) is 7.24. The van der Waals surface area contributed by atoms with Gasteiger partial charge in [0.1, 0.15) is 0 Å². The highest BCUT2D eigenvalue weighted by atomic mass is 16.5. The standard InChI is InChI=1S/C20H32N2O2/c1-16(2)15-17-6-8-18(9-7-17)19(20(21)23)5-3-4-10-22-11-13-24-14-12-22/h6-9,16,19H,3-5,10-15H2,1-2H3,(H2,21,23). The quantitative estimate of drug-likeness (QED) is 0.707. The smallest absolute Gasteiger partial charge is 0.224 e. The third-order valence-electron chi connectivity index (χ3n) is 4.69. The molecule has 1 aromatic rings. The van der Waals surface area contributed by atoms with Crippen molar-refractivity contribution < 1.29 is 9.53 Å². The molecule has 0 bridgehead atoms. The third-order valence-corrected chi connectivity index (χ3v) is 4.69. The molecule has 1 unspecified atom stereocenters. The Bertz CT molecular complexity index is 493.